The number of benzene rings is 2. The summed E-state index contributed by atoms with van der Waals surface area (Å²) in [7, 11) is 0. The molecule has 2 aromatic rings. The Morgan fingerprint density at radius 1 is 0.731 bits per heavy atom. The van der Waals surface area contributed by atoms with E-state index in [1.807, 2.05) is 0 Å². The van der Waals surface area contributed by atoms with Crippen molar-refractivity contribution in [1.82, 2.24) is 10.6 Å². The van der Waals surface area contributed by atoms with Gasteiger partial charge in [-0.2, -0.15) is 0 Å². The third-order valence-corrected chi connectivity index (χ3v) is 4.74. The number of hydrogen-bond acceptors (Lipinski definition) is 3. The lowest BCUT2D eigenvalue weighted by Crippen LogP contribution is -2.44. The maximum absolute atomic E-state index is 12.0. The van der Waals surface area contributed by atoms with Crippen molar-refractivity contribution < 1.29 is 9.59 Å². The van der Waals surface area contributed by atoms with Crippen molar-refractivity contribution in [2.75, 3.05) is 0 Å². The number of carbonyl (C=O) groups excluding carboxylic acids is 2. The largest absolute Gasteiger partial charge is 0.296 e. The average molecular weight is 433 g/mol. The third kappa shape index (κ3) is 5.61. The quantitative estimate of drug-likeness (QED) is 0.498. The topological polar surface area (TPSA) is 82.1 Å². The van der Waals surface area contributed by atoms with E-state index in [4.69, 9.17) is 51.8 Å². The van der Waals surface area contributed by atoms with Crippen LogP contribution in [0.2, 0.25) is 20.1 Å². The first kappa shape index (κ1) is 20.5. The molecule has 0 heterocycles. The van der Waals surface area contributed by atoms with E-state index in [2.05, 4.69) is 10.6 Å². The van der Waals surface area contributed by atoms with E-state index in [-0.39, 0.29) is 12.8 Å². The molecule has 0 atom stereocenters. The summed E-state index contributed by atoms with van der Waals surface area (Å²) in [6, 6.07) is 9.75. The van der Waals surface area contributed by atoms with E-state index < -0.39 is 17.8 Å². The minimum absolute atomic E-state index is 0.132. The van der Waals surface area contributed by atoms with Gasteiger partial charge in [-0.1, -0.05) is 58.5 Å². The van der Waals surface area contributed by atoms with Gasteiger partial charge < -0.3 is 0 Å². The summed E-state index contributed by atoms with van der Waals surface area (Å²) in [6.45, 7) is 0. The van der Waals surface area contributed by atoms with Gasteiger partial charge in [0, 0.05) is 20.1 Å². The van der Waals surface area contributed by atoms with Crippen LogP contribution in [-0.4, -0.2) is 17.8 Å². The first-order valence-electron chi connectivity index (χ1n) is 7.32. The van der Waals surface area contributed by atoms with Gasteiger partial charge in [-0.15, -0.1) is 0 Å². The molecule has 2 aromatic carbocycles. The summed E-state index contributed by atoms with van der Waals surface area (Å²) in [5, 5.41) is 13.6. The lowest BCUT2D eigenvalue weighted by Gasteiger charge is -2.11. The summed E-state index contributed by atoms with van der Waals surface area (Å²) in [6.07, 6.45) is -0.264. The van der Waals surface area contributed by atoms with Gasteiger partial charge in [-0.3, -0.25) is 25.6 Å². The predicted octanol–water partition coefficient (Wildman–Crippen LogP) is 4.25. The molecule has 0 bridgehead atoms. The lowest BCUT2D eigenvalue weighted by molar-refractivity contribution is -0.119. The summed E-state index contributed by atoms with van der Waals surface area (Å²) in [5.74, 6) is -1.55. The van der Waals surface area contributed by atoms with Crippen LogP contribution in [0.25, 0.3) is 0 Å². The monoisotopic (exact) mass is 431 g/mol. The van der Waals surface area contributed by atoms with Crippen LogP contribution in [0.5, 0.6) is 0 Å². The van der Waals surface area contributed by atoms with Gasteiger partial charge >= 0.3 is 0 Å². The fraction of sp³-hybridized carbons (Fsp3) is 0.118. The summed E-state index contributed by atoms with van der Waals surface area (Å²) in [4.78, 5) is 24.0. The molecule has 0 aliphatic rings. The van der Waals surface area contributed by atoms with Crippen LogP contribution in [0.4, 0.5) is 0 Å². The molecule has 0 aliphatic heterocycles. The standard InChI is InChI=1S/C17H13Cl4N3O2/c18-11-3-1-4-12(19)9(11)7-15(25)23-17(22)24-16(26)8-10-13(20)5-2-6-14(10)21/h1-6H,7-8H2,(H3,22,23,24,25,26). The number of guanidine groups is 1. The number of amides is 2. The number of hydrogen-bond donors (Lipinski definition) is 3. The molecule has 3 N–H and O–H groups in total. The van der Waals surface area contributed by atoms with Crippen LogP contribution in [0.3, 0.4) is 0 Å². The second kappa shape index (κ2) is 9.24. The molecular formula is C17H13Cl4N3O2. The van der Waals surface area contributed by atoms with Crippen LogP contribution < -0.4 is 10.6 Å². The van der Waals surface area contributed by atoms with Gasteiger partial charge in [0.05, 0.1) is 12.8 Å². The maximum Gasteiger partial charge on any atom is 0.231 e. The molecule has 26 heavy (non-hydrogen) atoms. The maximum atomic E-state index is 12.0. The average Bonchev–Trinajstić information content (AvgIpc) is 2.54. The fourth-order valence-corrected chi connectivity index (χ4v) is 3.18. The Kier molecular flexibility index (Phi) is 7.29. The molecule has 5 nitrogen and oxygen atoms in total. The van der Waals surface area contributed by atoms with Crippen molar-refractivity contribution in [2.45, 2.75) is 12.8 Å². The second-order valence-corrected chi connectivity index (χ2v) is 6.85. The lowest BCUT2D eigenvalue weighted by atomic mass is 10.1. The summed E-state index contributed by atoms with van der Waals surface area (Å²) >= 11 is 24.0. The van der Waals surface area contributed by atoms with Gasteiger partial charge in [0.25, 0.3) is 0 Å². The molecule has 0 spiro atoms. The highest BCUT2D eigenvalue weighted by atomic mass is 35.5. The number of rotatable bonds is 4. The van der Waals surface area contributed by atoms with Crippen molar-refractivity contribution in [1.29, 1.82) is 5.41 Å². The number of halogens is 4. The molecule has 0 aliphatic carbocycles. The van der Waals surface area contributed by atoms with Crippen LogP contribution in [-0.2, 0) is 22.4 Å². The Morgan fingerprint density at radius 3 is 1.35 bits per heavy atom. The van der Waals surface area contributed by atoms with Crippen LogP contribution in [0.15, 0.2) is 36.4 Å². The Hall–Kier alpha value is -1.79. The predicted molar refractivity (Wildman–Crippen MR) is 104 cm³/mol. The van der Waals surface area contributed by atoms with Crippen molar-refractivity contribution in [2.24, 2.45) is 0 Å². The molecular weight excluding hydrogens is 420 g/mol. The zero-order valence-electron chi connectivity index (χ0n) is 13.2. The van der Waals surface area contributed by atoms with Crippen molar-refractivity contribution >= 4 is 64.2 Å². The highest BCUT2D eigenvalue weighted by Crippen LogP contribution is 2.25. The Bertz CT molecular complexity index is 761. The van der Waals surface area contributed by atoms with Crippen LogP contribution in [0, 0.1) is 5.41 Å². The highest BCUT2D eigenvalue weighted by molar-refractivity contribution is 6.37. The Labute approximate surface area is 170 Å². The molecule has 0 unspecified atom stereocenters. The third-order valence-electron chi connectivity index (χ3n) is 3.33. The first-order chi connectivity index (χ1) is 12.3. The smallest absolute Gasteiger partial charge is 0.231 e. The normalized spacial score (nSPS) is 10.3. The van der Waals surface area contributed by atoms with E-state index in [9.17, 15) is 9.59 Å². The van der Waals surface area contributed by atoms with E-state index in [1.165, 1.54) is 0 Å². The van der Waals surface area contributed by atoms with Crippen molar-refractivity contribution in [3.8, 4) is 0 Å². The van der Waals surface area contributed by atoms with Crippen LogP contribution in [0.1, 0.15) is 11.1 Å². The van der Waals surface area contributed by atoms with E-state index in [1.54, 1.807) is 36.4 Å². The van der Waals surface area contributed by atoms with Crippen LogP contribution >= 0.6 is 46.4 Å². The SMILES string of the molecule is N=C(NC(=O)Cc1c(Cl)cccc1Cl)NC(=O)Cc1c(Cl)cccc1Cl. The van der Waals surface area contributed by atoms with Gasteiger partial charge in [-0.05, 0) is 35.4 Å². The van der Waals surface area contributed by atoms with Gasteiger partial charge in [0.1, 0.15) is 0 Å². The van der Waals surface area contributed by atoms with E-state index in [0.29, 0.717) is 31.2 Å². The molecule has 0 radical (unpaired) electrons. The van der Waals surface area contributed by atoms with Gasteiger partial charge in [0.15, 0.2) is 0 Å². The van der Waals surface area contributed by atoms with Crippen molar-refractivity contribution in [3.05, 3.63) is 67.6 Å². The molecule has 0 saturated heterocycles. The minimum atomic E-state index is -0.541. The van der Waals surface area contributed by atoms with Crippen molar-refractivity contribution in [3.63, 3.8) is 0 Å². The molecule has 0 aromatic heterocycles. The first-order valence-corrected chi connectivity index (χ1v) is 8.83. The van der Waals surface area contributed by atoms with E-state index in [0.717, 1.165) is 0 Å². The Morgan fingerprint density at radius 2 is 1.04 bits per heavy atom. The molecule has 2 rings (SSSR count). The summed E-state index contributed by atoms with van der Waals surface area (Å²) in [5.41, 5.74) is 0.880. The molecule has 9 heteroatoms. The molecule has 0 fully saturated rings. The highest BCUT2D eigenvalue weighted by Gasteiger charge is 2.15. The fourth-order valence-electron chi connectivity index (χ4n) is 2.12. The summed E-state index contributed by atoms with van der Waals surface area (Å²) < 4.78 is 0. The Balaban J connectivity index is 1.92. The number of carbonyl (C=O) groups is 2. The second-order valence-electron chi connectivity index (χ2n) is 5.23. The molecule has 136 valence electrons. The van der Waals surface area contributed by atoms with E-state index >= 15 is 0 Å². The van der Waals surface area contributed by atoms with Gasteiger partial charge in [-0.25, -0.2) is 0 Å². The van der Waals surface area contributed by atoms with Gasteiger partial charge in [0.2, 0.25) is 17.8 Å². The minimum Gasteiger partial charge on any atom is -0.296 e. The zero-order chi connectivity index (χ0) is 19.3. The number of nitrogens with one attached hydrogen (secondary N) is 3. The zero-order valence-corrected chi connectivity index (χ0v) is 16.2. The molecule has 2 amide bonds. The molecule has 0 saturated carbocycles.